The molecule has 0 aliphatic carbocycles. The quantitative estimate of drug-likeness (QED) is 0.592. The summed E-state index contributed by atoms with van der Waals surface area (Å²) in [6.07, 6.45) is 3.69. The van der Waals surface area contributed by atoms with Crippen LogP contribution in [-0.2, 0) is 0 Å². The highest BCUT2D eigenvalue weighted by Crippen LogP contribution is 2.28. The van der Waals surface area contributed by atoms with Gasteiger partial charge in [-0.25, -0.2) is 0 Å². The van der Waals surface area contributed by atoms with Crippen LogP contribution in [0.5, 0.6) is 0 Å². The lowest BCUT2D eigenvalue weighted by Gasteiger charge is -2.19. The van der Waals surface area contributed by atoms with Crippen LogP contribution in [0, 0.1) is 5.92 Å². The third kappa shape index (κ3) is 4.35. The summed E-state index contributed by atoms with van der Waals surface area (Å²) in [6, 6.07) is 8.07. The average Bonchev–Trinajstić information content (AvgIpc) is 2.27. The molecule has 0 saturated carbocycles. The van der Waals surface area contributed by atoms with Crippen LogP contribution in [-0.4, -0.2) is 5.88 Å². The van der Waals surface area contributed by atoms with Crippen molar-refractivity contribution in [2.75, 3.05) is 5.88 Å². The van der Waals surface area contributed by atoms with Gasteiger partial charge in [0.05, 0.1) is 0 Å². The highest BCUT2D eigenvalue weighted by Gasteiger charge is 2.13. The van der Waals surface area contributed by atoms with Crippen LogP contribution < -0.4 is 0 Å². The van der Waals surface area contributed by atoms with E-state index in [1.807, 2.05) is 12.1 Å². The molecule has 0 aliphatic rings. The molecule has 2 unspecified atom stereocenters. The Hall–Kier alpha value is -0.200. The molecule has 0 aromatic heterocycles. The van der Waals surface area contributed by atoms with Crippen LogP contribution in [0.2, 0.25) is 5.02 Å². The van der Waals surface area contributed by atoms with Crippen molar-refractivity contribution in [2.45, 2.75) is 39.0 Å². The van der Waals surface area contributed by atoms with E-state index in [-0.39, 0.29) is 0 Å². The molecule has 90 valence electrons. The van der Waals surface area contributed by atoms with Crippen LogP contribution in [0.25, 0.3) is 0 Å². The molecule has 0 spiro atoms. The maximum atomic E-state index is 6.05. The Morgan fingerprint density at radius 3 is 2.31 bits per heavy atom. The third-order valence-corrected chi connectivity index (χ3v) is 3.62. The summed E-state index contributed by atoms with van der Waals surface area (Å²) in [6.45, 7) is 4.54. The lowest BCUT2D eigenvalue weighted by Crippen LogP contribution is -2.06. The maximum Gasteiger partial charge on any atom is 0.0406 e. The van der Waals surface area contributed by atoms with Crippen LogP contribution in [0.1, 0.15) is 44.6 Å². The molecule has 1 aromatic carbocycles. The summed E-state index contributed by atoms with van der Waals surface area (Å²) in [4.78, 5) is 0. The summed E-state index contributed by atoms with van der Waals surface area (Å²) >= 11 is 11.9. The number of hydrogen-bond acceptors (Lipinski definition) is 0. The van der Waals surface area contributed by atoms with Gasteiger partial charge in [0.25, 0.3) is 0 Å². The van der Waals surface area contributed by atoms with Crippen molar-refractivity contribution in [3.63, 3.8) is 0 Å². The molecule has 2 heteroatoms. The molecular formula is C14H20Cl2. The predicted molar refractivity (Wildman–Crippen MR) is 73.6 cm³/mol. The van der Waals surface area contributed by atoms with E-state index < -0.39 is 0 Å². The van der Waals surface area contributed by atoms with Crippen molar-refractivity contribution >= 4 is 23.2 Å². The van der Waals surface area contributed by atoms with E-state index in [1.165, 1.54) is 24.8 Å². The van der Waals surface area contributed by atoms with Gasteiger partial charge in [-0.3, -0.25) is 0 Å². The van der Waals surface area contributed by atoms with Gasteiger partial charge in [0.2, 0.25) is 0 Å². The van der Waals surface area contributed by atoms with E-state index in [1.54, 1.807) is 0 Å². The summed E-state index contributed by atoms with van der Waals surface area (Å²) in [5.41, 5.74) is 1.31. The summed E-state index contributed by atoms with van der Waals surface area (Å²) in [7, 11) is 0. The zero-order valence-corrected chi connectivity index (χ0v) is 11.6. The van der Waals surface area contributed by atoms with Gasteiger partial charge < -0.3 is 0 Å². The van der Waals surface area contributed by atoms with Gasteiger partial charge in [-0.2, -0.15) is 0 Å². The molecule has 0 aliphatic heterocycles. The Bertz CT molecular complexity index is 292. The van der Waals surface area contributed by atoms with Gasteiger partial charge in [0.1, 0.15) is 0 Å². The Balaban J connectivity index is 2.63. The summed E-state index contributed by atoms with van der Waals surface area (Å²) < 4.78 is 0. The Kier molecular flexibility index (Phi) is 6.23. The fourth-order valence-electron chi connectivity index (χ4n) is 2.12. The van der Waals surface area contributed by atoms with Crippen molar-refractivity contribution in [2.24, 2.45) is 5.92 Å². The molecule has 1 rings (SSSR count). The van der Waals surface area contributed by atoms with Crippen LogP contribution >= 0.6 is 23.2 Å². The molecule has 0 N–H and O–H groups in total. The van der Waals surface area contributed by atoms with E-state index in [2.05, 4.69) is 26.0 Å². The predicted octanol–water partition coefficient (Wildman–Crippen LogP) is 5.49. The number of hydrogen-bond donors (Lipinski definition) is 0. The Morgan fingerprint density at radius 2 is 1.81 bits per heavy atom. The molecule has 0 saturated heterocycles. The van der Waals surface area contributed by atoms with E-state index in [0.717, 1.165) is 10.9 Å². The first-order valence-electron chi connectivity index (χ1n) is 5.98. The number of alkyl halides is 1. The molecule has 0 heterocycles. The molecular weight excluding hydrogens is 239 g/mol. The molecule has 0 fully saturated rings. The molecule has 1 aromatic rings. The molecule has 0 nitrogen and oxygen atoms in total. The van der Waals surface area contributed by atoms with E-state index in [0.29, 0.717) is 11.8 Å². The largest absolute Gasteiger partial charge is 0.126 e. The van der Waals surface area contributed by atoms with E-state index in [4.69, 9.17) is 23.2 Å². The minimum Gasteiger partial charge on any atom is -0.126 e. The van der Waals surface area contributed by atoms with Crippen LogP contribution in [0.3, 0.4) is 0 Å². The van der Waals surface area contributed by atoms with Crippen molar-refractivity contribution in [1.29, 1.82) is 0 Å². The van der Waals surface area contributed by atoms with Gasteiger partial charge in [-0.15, -0.1) is 11.6 Å². The van der Waals surface area contributed by atoms with E-state index >= 15 is 0 Å². The Morgan fingerprint density at radius 1 is 1.19 bits per heavy atom. The first kappa shape index (κ1) is 13.9. The minimum atomic E-state index is 0.459. The lowest BCUT2D eigenvalue weighted by atomic mass is 9.89. The van der Waals surface area contributed by atoms with Crippen LogP contribution in [0.15, 0.2) is 24.3 Å². The molecule has 16 heavy (non-hydrogen) atoms. The molecule has 0 radical (unpaired) electrons. The van der Waals surface area contributed by atoms with Gasteiger partial charge >= 0.3 is 0 Å². The smallest absolute Gasteiger partial charge is 0.0406 e. The number of rotatable bonds is 6. The molecule has 0 bridgehead atoms. The highest BCUT2D eigenvalue weighted by molar-refractivity contribution is 6.30. The summed E-state index contributed by atoms with van der Waals surface area (Å²) in [5, 5.41) is 0.790. The summed E-state index contributed by atoms with van der Waals surface area (Å²) in [5.74, 6) is 1.89. The fraction of sp³-hybridized carbons (Fsp3) is 0.571. The van der Waals surface area contributed by atoms with Crippen molar-refractivity contribution in [1.82, 2.24) is 0 Å². The zero-order chi connectivity index (χ0) is 12.0. The first-order valence-corrected chi connectivity index (χ1v) is 6.90. The standard InChI is InChI=1S/C14H20Cl2/c1-3-4-11(2)9-13(10-15)12-5-7-14(16)8-6-12/h5-8,11,13H,3-4,9-10H2,1-2H3. The number of halogens is 2. The fourth-order valence-corrected chi connectivity index (χ4v) is 2.55. The molecule has 0 amide bonds. The van der Waals surface area contributed by atoms with E-state index in [9.17, 15) is 0 Å². The second kappa shape index (κ2) is 7.19. The third-order valence-electron chi connectivity index (χ3n) is 3.00. The van der Waals surface area contributed by atoms with Crippen molar-refractivity contribution in [3.8, 4) is 0 Å². The lowest BCUT2D eigenvalue weighted by molar-refractivity contribution is 0.451. The first-order chi connectivity index (χ1) is 7.67. The van der Waals surface area contributed by atoms with Gasteiger partial charge in [-0.05, 0) is 36.0 Å². The topological polar surface area (TPSA) is 0 Å². The second-order valence-electron chi connectivity index (χ2n) is 4.53. The monoisotopic (exact) mass is 258 g/mol. The SMILES string of the molecule is CCCC(C)CC(CCl)c1ccc(Cl)cc1. The van der Waals surface area contributed by atoms with Gasteiger partial charge in [0, 0.05) is 10.9 Å². The van der Waals surface area contributed by atoms with Crippen molar-refractivity contribution < 1.29 is 0 Å². The van der Waals surface area contributed by atoms with Crippen LogP contribution in [0.4, 0.5) is 0 Å². The number of benzene rings is 1. The van der Waals surface area contributed by atoms with Crippen molar-refractivity contribution in [3.05, 3.63) is 34.9 Å². The van der Waals surface area contributed by atoms with Gasteiger partial charge in [0.15, 0.2) is 0 Å². The normalized spacial score (nSPS) is 14.8. The average molecular weight is 259 g/mol. The minimum absolute atomic E-state index is 0.459. The Labute approximate surface area is 109 Å². The highest BCUT2D eigenvalue weighted by atomic mass is 35.5. The second-order valence-corrected chi connectivity index (χ2v) is 5.28. The maximum absolute atomic E-state index is 6.05. The molecule has 2 atom stereocenters. The zero-order valence-electron chi connectivity index (χ0n) is 10.0. The van der Waals surface area contributed by atoms with Gasteiger partial charge in [-0.1, -0.05) is 50.4 Å².